The number of nitrogens with zero attached hydrogens (tertiary/aromatic N) is 1. The minimum absolute atomic E-state index is 0.0626. The Morgan fingerprint density at radius 3 is 2.38 bits per heavy atom. The number of nitrogens with one attached hydrogen (secondary N) is 1. The number of para-hydroxylation sites is 2. The van der Waals surface area contributed by atoms with Gasteiger partial charge in [0.1, 0.15) is 18.3 Å². The van der Waals surface area contributed by atoms with E-state index in [-0.39, 0.29) is 11.8 Å². The van der Waals surface area contributed by atoms with Crippen LogP contribution in [0.15, 0.2) is 72.8 Å². The number of hydrogen-bond acceptors (Lipinski definition) is 7. The van der Waals surface area contributed by atoms with Crippen molar-refractivity contribution in [3.05, 3.63) is 95.1 Å². The number of aryl methyl sites for hydroxylation is 1. The van der Waals surface area contributed by atoms with Crippen molar-refractivity contribution in [2.24, 2.45) is 11.7 Å². The predicted octanol–water partition coefficient (Wildman–Crippen LogP) is 4.94. The van der Waals surface area contributed by atoms with E-state index in [0.717, 1.165) is 24.0 Å². The van der Waals surface area contributed by atoms with Crippen molar-refractivity contribution in [2.75, 3.05) is 26.7 Å². The van der Waals surface area contributed by atoms with Crippen LogP contribution in [-0.4, -0.2) is 55.5 Å². The molecule has 9 nitrogen and oxygen atoms in total. The molecule has 3 aromatic rings. The molecule has 2 unspecified atom stereocenters. The first-order valence-electron chi connectivity index (χ1n) is 14.1. The maximum atomic E-state index is 13.4. The monoisotopic (exact) mass is 575 g/mol. The van der Waals surface area contributed by atoms with Crippen LogP contribution in [0.3, 0.4) is 0 Å². The molecule has 1 aliphatic rings. The van der Waals surface area contributed by atoms with Crippen molar-refractivity contribution in [1.29, 1.82) is 0 Å². The highest BCUT2D eigenvalue weighted by Crippen LogP contribution is 2.44. The smallest absolute Gasteiger partial charge is 0.406 e. The summed E-state index contributed by atoms with van der Waals surface area (Å²) in [6, 6.07) is 22.7. The van der Waals surface area contributed by atoms with Gasteiger partial charge in [-0.3, -0.25) is 4.79 Å². The lowest BCUT2D eigenvalue weighted by atomic mass is 9.74. The van der Waals surface area contributed by atoms with Gasteiger partial charge in [-0.15, -0.1) is 0 Å². The zero-order valence-corrected chi connectivity index (χ0v) is 24.4. The summed E-state index contributed by atoms with van der Waals surface area (Å²) in [6.07, 6.45) is 1.87. The van der Waals surface area contributed by atoms with Crippen molar-refractivity contribution in [3.63, 3.8) is 0 Å². The van der Waals surface area contributed by atoms with Crippen LogP contribution < -0.4 is 15.8 Å². The van der Waals surface area contributed by atoms with Crippen LogP contribution in [0, 0.1) is 12.8 Å². The summed E-state index contributed by atoms with van der Waals surface area (Å²) in [6.45, 7) is 5.76. The first kappa shape index (κ1) is 32.3. The largest absolute Gasteiger partial charge is 0.457 e. The zero-order valence-electron chi connectivity index (χ0n) is 24.4. The van der Waals surface area contributed by atoms with E-state index >= 15 is 0 Å². The van der Waals surface area contributed by atoms with Gasteiger partial charge < -0.3 is 35.3 Å². The molecule has 2 atom stereocenters. The summed E-state index contributed by atoms with van der Waals surface area (Å²) in [4.78, 5) is 34.9. The second-order valence-corrected chi connectivity index (χ2v) is 10.3. The maximum absolute atomic E-state index is 13.4. The van der Waals surface area contributed by atoms with Crippen LogP contribution in [0.2, 0.25) is 0 Å². The lowest BCUT2D eigenvalue weighted by Crippen LogP contribution is -2.48. The Bertz CT molecular complexity index is 1320. The van der Waals surface area contributed by atoms with E-state index in [1.807, 2.05) is 91.4 Å². The highest BCUT2D eigenvalue weighted by molar-refractivity contribution is 5.94. The highest BCUT2D eigenvalue weighted by atomic mass is 16.5. The molecule has 0 aromatic heterocycles. The SMILES string of the molecule is C=O.COC(=O)NCCCC(O)(c1ccccc1Oc1ccccc1C)C1CCCN(C(=O)c2ccc(CN)cc2)C1. The number of nitrogens with two attached hydrogens (primary N) is 1. The summed E-state index contributed by atoms with van der Waals surface area (Å²) in [7, 11) is 1.32. The Kier molecular flexibility index (Phi) is 12.1. The van der Waals surface area contributed by atoms with Crippen LogP contribution >= 0.6 is 0 Å². The van der Waals surface area contributed by atoms with Gasteiger partial charge in [-0.25, -0.2) is 4.79 Å². The van der Waals surface area contributed by atoms with Gasteiger partial charge in [0.25, 0.3) is 5.91 Å². The number of carbonyl (C=O) groups is 3. The fourth-order valence-electron chi connectivity index (χ4n) is 5.40. The van der Waals surface area contributed by atoms with Gasteiger partial charge >= 0.3 is 6.09 Å². The maximum Gasteiger partial charge on any atom is 0.406 e. The fraction of sp³-hybridized carbons (Fsp3) is 0.364. The molecule has 1 aliphatic heterocycles. The average Bonchev–Trinajstić information content (AvgIpc) is 3.05. The van der Waals surface area contributed by atoms with E-state index in [4.69, 9.17) is 20.0 Å². The molecule has 224 valence electrons. The number of amides is 2. The van der Waals surface area contributed by atoms with Gasteiger partial charge in [0.05, 0.1) is 12.7 Å². The summed E-state index contributed by atoms with van der Waals surface area (Å²) >= 11 is 0. The van der Waals surface area contributed by atoms with Crippen LogP contribution in [-0.2, 0) is 21.7 Å². The first-order chi connectivity index (χ1) is 20.4. The molecule has 9 heteroatoms. The first-order valence-corrected chi connectivity index (χ1v) is 14.1. The molecule has 42 heavy (non-hydrogen) atoms. The molecule has 1 fully saturated rings. The third kappa shape index (κ3) is 7.96. The Hall–Kier alpha value is -4.21. The van der Waals surface area contributed by atoms with Gasteiger partial charge in [-0.05, 0) is 68.0 Å². The summed E-state index contributed by atoms with van der Waals surface area (Å²) < 4.78 is 11.1. The number of alkyl carbamates (subject to hydrolysis) is 1. The summed E-state index contributed by atoms with van der Waals surface area (Å²) in [5, 5.41) is 15.2. The Labute approximate surface area is 247 Å². The lowest BCUT2D eigenvalue weighted by molar-refractivity contribution is -0.0980. The molecular weight excluding hydrogens is 534 g/mol. The van der Waals surface area contributed by atoms with E-state index in [1.165, 1.54) is 7.11 Å². The molecule has 2 amide bonds. The molecular formula is C33H41N3O6. The van der Waals surface area contributed by atoms with Crippen molar-refractivity contribution in [2.45, 2.75) is 44.8 Å². The Morgan fingerprint density at radius 2 is 1.71 bits per heavy atom. The molecule has 0 bridgehead atoms. The quantitative estimate of drug-likeness (QED) is 0.292. The van der Waals surface area contributed by atoms with Crippen molar-refractivity contribution >= 4 is 18.8 Å². The van der Waals surface area contributed by atoms with E-state index in [9.17, 15) is 14.7 Å². The number of rotatable bonds is 10. The molecule has 0 aliphatic carbocycles. The predicted molar refractivity (Wildman–Crippen MR) is 161 cm³/mol. The van der Waals surface area contributed by atoms with Gasteiger partial charge in [-0.2, -0.15) is 0 Å². The summed E-state index contributed by atoms with van der Waals surface area (Å²) in [5.74, 6) is 0.979. The number of likely N-dealkylation sites (tertiary alicyclic amines) is 1. The van der Waals surface area contributed by atoms with Crippen LogP contribution in [0.25, 0.3) is 0 Å². The molecule has 1 saturated heterocycles. The van der Waals surface area contributed by atoms with Gasteiger partial charge in [-0.1, -0.05) is 48.5 Å². The number of carbonyl (C=O) groups excluding carboxylic acids is 3. The third-order valence-corrected chi connectivity index (χ3v) is 7.68. The standard InChI is InChI=1S/C32H39N3O5.CH2O/c1-23-9-3-5-12-28(23)40-29-13-6-4-11-27(29)32(38,18-8-19-34-31(37)39-2)26-10-7-20-35(22-26)30(36)25-16-14-24(21-33)15-17-25;1-2/h3-6,9,11-17,26,38H,7-8,10,18-22,33H2,1-2H3,(H,34,37);1H2. The van der Waals surface area contributed by atoms with Gasteiger partial charge in [0.2, 0.25) is 0 Å². The van der Waals surface area contributed by atoms with E-state index in [0.29, 0.717) is 61.6 Å². The molecule has 3 aromatic carbocycles. The molecule has 0 spiro atoms. The molecule has 0 radical (unpaired) electrons. The normalized spacial score (nSPS) is 15.9. The van der Waals surface area contributed by atoms with Crippen LogP contribution in [0.1, 0.15) is 52.7 Å². The van der Waals surface area contributed by atoms with E-state index < -0.39 is 11.7 Å². The Balaban J connectivity index is 0.00000237. The number of hydrogen-bond donors (Lipinski definition) is 3. The summed E-state index contributed by atoms with van der Waals surface area (Å²) in [5.41, 5.74) is 7.64. The average molecular weight is 576 g/mol. The topological polar surface area (TPSA) is 131 Å². The number of ether oxygens (including phenoxy) is 2. The van der Waals surface area contributed by atoms with Crippen molar-refractivity contribution in [3.8, 4) is 11.5 Å². The third-order valence-electron chi connectivity index (χ3n) is 7.68. The molecule has 1 heterocycles. The molecule has 4 rings (SSSR count). The number of aliphatic hydroxyl groups is 1. The van der Waals surface area contributed by atoms with Crippen LogP contribution in [0.5, 0.6) is 11.5 Å². The second kappa shape index (κ2) is 15.7. The number of piperidine rings is 1. The lowest BCUT2D eigenvalue weighted by Gasteiger charge is -2.43. The van der Waals surface area contributed by atoms with Crippen molar-refractivity contribution in [1.82, 2.24) is 10.2 Å². The fourth-order valence-corrected chi connectivity index (χ4v) is 5.40. The minimum Gasteiger partial charge on any atom is -0.457 e. The number of benzene rings is 3. The molecule has 0 saturated carbocycles. The Morgan fingerprint density at radius 1 is 1.05 bits per heavy atom. The zero-order chi connectivity index (χ0) is 30.5. The minimum atomic E-state index is -1.31. The van der Waals surface area contributed by atoms with E-state index in [2.05, 4.69) is 5.32 Å². The van der Waals surface area contributed by atoms with Gasteiger partial charge in [0, 0.05) is 43.2 Å². The van der Waals surface area contributed by atoms with Crippen molar-refractivity contribution < 1.29 is 29.0 Å². The number of methoxy groups -OCH3 is 1. The van der Waals surface area contributed by atoms with Gasteiger partial charge in [0.15, 0.2) is 0 Å². The van der Waals surface area contributed by atoms with Crippen LogP contribution in [0.4, 0.5) is 4.79 Å². The highest BCUT2D eigenvalue weighted by Gasteiger charge is 2.43. The molecule has 4 N–H and O–H groups in total. The second-order valence-electron chi connectivity index (χ2n) is 10.3. The van der Waals surface area contributed by atoms with E-state index in [1.54, 1.807) is 0 Å².